The third-order valence-corrected chi connectivity index (χ3v) is 6.18. The highest BCUT2D eigenvalue weighted by Gasteiger charge is 2.25. The van der Waals surface area contributed by atoms with Gasteiger partial charge in [-0.25, -0.2) is 13.2 Å². The summed E-state index contributed by atoms with van der Waals surface area (Å²) in [5.41, 5.74) is 1.56. The summed E-state index contributed by atoms with van der Waals surface area (Å²) >= 11 is 0. The third kappa shape index (κ3) is 4.74. The molecule has 0 radical (unpaired) electrons. The minimum Gasteiger partial charge on any atom is -0.493 e. The van der Waals surface area contributed by atoms with Crippen LogP contribution in [0.4, 0.5) is 5.69 Å². The van der Waals surface area contributed by atoms with Crippen molar-refractivity contribution in [3.8, 4) is 11.5 Å². The van der Waals surface area contributed by atoms with Crippen LogP contribution < -0.4 is 14.2 Å². The van der Waals surface area contributed by atoms with Gasteiger partial charge in [0.15, 0.2) is 11.5 Å². The van der Waals surface area contributed by atoms with E-state index in [1.807, 2.05) is 24.3 Å². The Morgan fingerprint density at radius 1 is 1.10 bits per heavy atom. The van der Waals surface area contributed by atoms with Gasteiger partial charge in [0.2, 0.25) is 0 Å². The van der Waals surface area contributed by atoms with E-state index in [0.717, 1.165) is 11.1 Å². The van der Waals surface area contributed by atoms with Crippen molar-refractivity contribution < 1.29 is 32.5 Å². The number of carbonyl (C=O) groups is 1. The van der Waals surface area contributed by atoms with Gasteiger partial charge < -0.3 is 19.3 Å². The summed E-state index contributed by atoms with van der Waals surface area (Å²) in [5.74, 6) is -0.908. The first-order valence-electron chi connectivity index (χ1n) is 9.24. The highest BCUT2D eigenvalue weighted by atomic mass is 32.2. The van der Waals surface area contributed by atoms with E-state index in [9.17, 15) is 18.3 Å². The fourth-order valence-corrected chi connectivity index (χ4v) is 4.40. The number of fused-ring (bicyclic) bond motifs is 1. The van der Waals surface area contributed by atoms with Crippen molar-refractivity contribution in [2.24, 2.45) is 0 Å². The van der Waals surface area contributed by atoms with E-state index in [1.54, 1.807) is 6.08 Å². The van der Waals surface area contributed by atoms with E-state index >= 15 is 0 Å². The van der Waals surface area contributed by atoms with E-state index in [4.69, 9.17) is 14.2 Å². The molecule has 0 atom stereocenters. The Balaban J connectivity index is 1.97. The molecule has 0 unspecified atom stereocenters. The molecule has 0 heterocycles. The second-order valence-corrected chi connectivity index (χ2v) is 8.35. The van der Waals surface area contributed by atoms with Crippen LogP contribution >= 0.6 is 0 Å². The lowest BCUT2D eigenvalue weighted by Crippen LogP contribution is -2.19. The number of methoxy groups -OCH3 is 2. The SMILES string of the molecule is COCCOc1cc(NS(=O)(=O)C2=Cc3ccccc3CC2)c(C(=O)O)cc1OC. The Labute approximate surface area is 175 Å². The first-order valence-corrected chi connectivity index (χ1v) is 10.7. The molecule has 1 aliphatic carbocycles. The predicted octanol–water partition coefficient (Wildman–Crippen LogP) is 3.15. The molecule has 8 nitrogen and oxygen atoms in total. The van der Waals surface area contributed by atoms with E-state index in [2.05, 4.69) is 4.72 Å². The Morgan fingerprint density at radius 3 is 2.57 bits per heavy atom. The largest absolute Gasteiger partial charge is 0.493 e. The molecule has 9 heteroatoms. The molecular formula is C21H23NO7S. The Morgan fingerprint density at radius 2 is 1.87 bits per heavy atom. The topological polar surface area (TPSA) is 111 Å². The van der Waals surface area contributed by atoms with E-state index in [-0.39, 0.29) is 34.3 Å². The number of hydrogen-bond acceptors (Lipinski definition) is 6. The number of rotatable bonds is 9. The molecule has 0 aliphatic heterocycles. The molecule has 3 rings (SSSR count). The van der Waals surface area contributed by atoms with Gasteiger partial charge in [-0.1, -0.05) is 24.3 Å². The molecule has 0 bridgehead atoms. The van der Waals surface area contributed by atoms with Gasteiger partial charge in [0.1, 0.15) is 6.61 Å². The first kappa shape index (κ1) is 21.7. The molecule has 2 aromatic carbocycles. The summed E-state index contributed by atoms with van der Waals surface area (Å²) in [6.07, 6.45) is 2.52. The molecule has 0 saturated carbocycles. The van der Waals surface area contributed by atoms with Gasteiger partial charge in [-0.3, -0.25) is 4.72 Å². The van der Waals surface area contributed by atoms with Crippen molar-refractivity contribution in [1.82, 2.24) is 0 Å². The van der Waals surface area contributed by atoms with Crippen LogP contribution in [0, 0.1) is 0 Å². The monoisotopic (exact) mass is 433 g/mol. The average molecular weight is 433 g/mol. The molecule has 0 saturated heterocycles. The van der Waals surface area contributed by atoms with Crippen molar-refractivity contribution in [1.29, 1.82) is 0 Å². The van der Waals surface area contributed by atoms with Crippen LogP contribution in [0.5, 0.6) is 11.5 Å². The molecular weight excluding hydrogens is 410 g/mol. The van der Waals surface area contributed by atoms with Gasteiger partial charge in [0.25, 0.3) is 10.0 Å². The third-order valence-electron chi connectivity index (χ3n) is 4.68. The maximum atomic E-state index is 13.0. The van der Waals surface area contributed by atoms with E-state index < -0.39 is 16.0 Å². The Hall–Kier alpha value is -3.04. The zero-order chi connectivity index (χ0) is 21.7. The fraction of sp³-hybridized carbons (Fsp3) is 0.286. The van der Waals surface area contributed by atoms with Crippen LogP contribution in [0.3, 0.4) is 0 Å². The normalized spacial score (nSPS) is 13.2. The number of nitrogens with one attached hydrogen (secondary N) is 1. The van der Waals surface area contributed by atoms with Crippen LogP contribution in [-0.4, -0.2) is 46.9 Å². The lowest BCUT2D eigenvalue weighted by molar-refractivity contribution is 0.0697. The molecule has 2 N–H and O–H groups in total. The molecule has 2 aromatic rings. The number of carboxylic acids is 1. The van der Waals surface area contributed by atoms with Gasteiger partial charge in [0, 0.05) is 19.2 Å². The maximum absolute atomic E-state index is 13.0. The number of sulfonamides is 1. The molecule has 160 valence electrons. The van der Waals surface area contributed by atoms with Crippen LogP contribution in [0.25, 0.3) is 6.08 Å². The summed E-state index contributed by atoms with van der Waals surface area (Å²) in [6, 6.07) is 10.1. The van der Waals surface area contributed by atoms with Gasteiger partial charge in [0.05, 0.1) is 29.9 Å². The Bertz CT molecular complexity index is 1080. The summed E-state index contributed by atoms with van der Waals surface area (Å²) in [4.78, 5) is 11.9. The number of allylic oxidation sites excluding steroid dienone is 1. The highest BCUT2D eigenvalue weighted by Crippen LogP contribution is 2.35. The van der Waals surface area contributed by atoms with Gasteiger partial charge in [-0.05, 0) is 30.0 Å². The Kier molecular flexibility index (Phi) is 6.63. The minimum absolute atomic E-state index is 0.101. The lowest BCUT2D eigenvalue weighted by atomic mass is 9.98. The van der Waals surface area contributed by atoms with E-state index in [1.165, 1.54) is 26.4 Å². The van der Waals surface area contributed by atoms with Crippen molar-refractivity contribution in [3.05, 3.63) is 58.0 Å². The molecule has 0 spiro atoms. The van der Waals surface area contributed by atoms with Crippen molar-refractivity contribution in [2.45, 2.75) is 12.8 Å². The number of aryl methyl sites for hydroxylation is 1. The predicted molar refractivity (Wildman–Crippen MR) is 113 cm³/mol. The van der Waals surface area contributed by atoms with Crippen LogP contribution in [-0.2, 0) is 21.2 Å². The molecule has 0 amide bonds. The first-order chi connectivity index (χ1) is 14.4. The average Bonchev–Trinajstić information content (AvgIpc) is 2.73. The quantitative estimate of drug-likeness (QED) is 0.585. The standard InChI is InChI=1S/C21H23NO7S/c1-27-9-10-29-20-13-18(17(21(23)24)12-19(20)28-2)22-30(25,26)16-8-7-14-5-3-4-6-15(14)11-16/h3-6,11-13,22H,7-10H2,1-2H3,(H,23,24). The number of benzene rings is 2. The summed E-state index contributed by atoms with van der Waals surface area (Å²) in [5, 5.41) is 9.56. The number of carboxylic acid groups (broad SMARTS) is 1. The zero-order valence-electron chi connectivity index (χ0n) is 16.7. The van der Waals surface area contributed by atoms with Crippen LogP contribution in [0.1, 0.15) is 27.9 Å². The lowest BCUT2D eigenvalue weighted by Gasteiger charge is -2.19. The molecule has 0 fully saturated rings. The number of ether oxygens (including phenoxy) is 3. The van der Waals surface area contributed by atoms with Gasteiger partial charge in [-0.2, -0.15) is 0 Å². The van der Waals surface area contributed by atoms with Crippen LogP contribution in [0.2, 0.25) is 0 Å². The second-order valence-electron chi connectivity index (χ2n) is 6.61. The summed E-state index contributed by atoms with van der Waals surface area (Å²) in [6.45, 7) is 0.491. The summed E-state index contributed by atoms with van der Waals surface area (Å²) in [7, 11) is -1.08. The highest BCUT2D eigenvalue weighted by molar-refractivity contribution is 7.96. The molecule has 0 aromatic heterocycles. The van der Waals surface area contributed by atoms with Gasteiger partial charge in [-0.15, -0.1) is 0 Å². The number of anilines is 1. The maximum Gasteiger partial charge on any atom is 0.337 e. The molecule has 30 heavy (non-hydrogen) atoms. The summed E-state index contributed by atoms with van der Waals surface area (Å²) < 4.78 is 44.1. The van der Waals surface area contributed by atoms with Crippen molar-refractivity contribution in [3.63, 3.8) is 0 Å². The van der Waals surface area contributed by atoms with Gasteiger partial charge >= 0.3 is 5.97 Å². The zero-order valence-corrected chi connectivity index (χ0v) is 17.5. The van der Waals surface area contributed by atoms with Crippen molar-refractivity contribution in [2.75, 3.05) is 32.2 Å². The van der Waals surface area contributed by atoms with E-state index in [0.29, 0.717) is 19.4 Å². The second kappa shape index (κ2) is 9.19. The molecule has 1 aliphatic rings. The van der Waals surface area contributed by atoms with Crippen molar-refractivity contribution >= 4 is 27.8 Å². The van der Waals surface area contributed by atoms with Crippen LogP contribution in [0.15, 0.2) is 41.3 Å². The number of hydrogen-bond donors (Lipinski definition) is 2. The minimum atomic E-state index is -3.97. The smallest absolute Gasteiger partial charge is 0.337 e. The number of aromatic carboxylic acids is 1. The fourth-order valence-electron chi connectivity index (χ4n) is 3.16.